The average molecular weight is 360 g/mol. The molecule has 1 aliphatic heterocycles. The number of anilines is 1. The van der Waals surface area contributed by atoms with E-state index < -0.39 is 16.4 Å². The minimum absolute atomic E-state index is 0.122. The van der Waals surface area contributed by atoms with E-state index in [1.54, 1.807) is 6.92 Å². The van der Waals surface area contributed by atoms with E-state index >= 15 is 0 Å². The Morgan fingerprint density at radius 3 is 2.71 bits per heavy atom. The van der Waals surface area contributed by atoms with E-state index in [-0.39, 0.29) is 11.5 Å². The molecule has 114 valence electrons. The molecule has 1 aliphatic rings. The van der Waals surface area contributed by atoms with E-state index in [4.69, 9.17) is 4.74 Å². The fraction of sp³-hybridized carbons (Fsp3) is 0.500. The Balaban J connectivity index is 2.36. The number of nitro groups is 1. The minimum atomic E-state index is -1.17. The maximum absolute atomic E-state index is 11.6. The third-order valence-corrected chi connectivity index (χ3v) is 4.52. The van der Waals surface area contributed by atoms with E-state index in [0.29, 0.717) is 36.1 Å². The predicted molar refractivity (Wildman–Crippen MR) is 77.4 cm³/mol. The zero-order valence-electron chi connectivity index (χ0n) is 11.3. The van der Waals surface area contributed by atoms with Gasteiger partial charge in [-0.1, -0.05) is 0 Å². The molecule has 8 nitrogen and oxygen atoms in total. The number of ether oxygens (including phenoxy) is 1. The fourth-order valence-corrected chi connectivity index (χ4v) is 2.58. The van der Waals surface area contributed by atoms with Crippen molar-refractivity contribution in [1.82, 2.24) is 4.98 Å². The molecule has 0 unspecified atom stereocenters. The van der Waals surface area contributed by atoms with Gasteiger partial charge in [0.25, 0.3) is 5.69 Å². The summed E-state index contributed by atoms with van der Waals surface area (Å²) < 4.78 is 5.58. The highest BCUT2D eigenvalue weighted by atomic mass is 79.9. The first-order valence-corrected chi connectivity index (χ1v) is 7.05. The van der Waals surface area contributed by atoms with Gasteiger partial charge in [-0.15, -0.1) is 0 Å². The number of carboxylic acids is 1. The van der Waals surface area contributed by atoms with Crippen LogP contribution in [0, 0.1) is 17.0 Å². The van der Waals surface area contributed by atoms with Crippen LogP contribution in [0.3, 0.4) is 0 Å². The number of halogens is 1. The highest BCUT2D eigenvalue weighted by molar-refractivity contribution is 9.10. The lowest BCUT2D eigenvalue weighted by molar-refractivity contribution is -0.385. The number of pyridine rings is 1. The largest absolute Gasteiger partial charge is 0.480 e. The monoisotopic (exact) mass is 359 g/mol. The van der Waals surface area contributed by atoms with Gasteiger partial charge in [-0.25, -0.2) is 9.78 Å². The van der Waals surface area contributed by atoms with E-state index in [2.05, 4.69) is 26.2 Å². The number of aliphatic carboxylic acids is 1. The summed E-state index contributed by atoms with van der Waals surface area (Å²) in [6.07, 6.45) is 1.72. The summed E-state index contributed by atoms with van der Waals surface area (Å²) >= 11 is 3.25. The van der Waals surface area contributed by atoms with Crippen molar-refractivity contribution in [1.29, 1.82) is 0 Å². The zero-order valence-corrected chi connectivity index (χ0v) is 12.8. The van der Waals surface area contributed by atoms with Gasteiger partial charge in [0.15, 0.2) is 0 Å². The Labute approximate surface area is 128 Å². The second kappa shape index (κ2) is 5.94. The van der Waals surface area contributed by atoms with Crippen LogP contribution in [0.1, 0.15) is 18.4 Å². The van der Waals surface area contributed by atoms with Gasteiger partial charge in [-0.05, 0) is 22.9 Å². The molecular formula is C12H14BrN3O5. The topological polar surface area (TPSA) is 115 Å². The first-order valence-electron chi connectivity index (χ1n) is 6.26. The van der Waals surface area contributed by atoms with Gasteiger partial charge < -0.3 is 15.2 Å². The van der Waals surface area contributed by atoms with Gasteiger partial charge in [-0.2, -0.15) is 0 Å². The summed E-state index contributed by atoms with van der Waals surface area (Å²) in [5.41, 5.74) is -0.898. The maximum atomic E-state index is 11.6. The van der Waals surface area contributed by atoms with Crippen LogP contribution in [0.5, 0.6) is 0 Å². The van der Waals surface area contributed by atoms with Crippen molar-refractivity contribution in [3.05, 3.63) is 26.3 Å². The second-order valence-corrected chi connectivity index (χ2v) is 5.61. The minimum Gasteiger partial charge on any atom is -0.480 e. The Bertz CT molecular complexity index is 587. The molecule has 2 rings (SSSR count). The molecule has 0 amide bonds. The molecular weight excluding hydrogens is 346 g/mol. The Morgan fingerprint density at radius 2 is 2.19 bits per heavy atom. The number of carboxylic acid groups (broad SMARTS) is 1. The third-order valence-electron chi connectivity index (χ3n) is 3.55. The molecule has 2 N–H and O–H groups in total. The Hall–Kier alpha value is -1.74. The second-order valence-electron chi connectivity index (χ2n) is 4.81. The molecule has 0 atom stereocenters. The highest BCUT2D eigenvalue weighted by Crippen LogP contribution is 2.34. The van der Waals surface area contributed by atoms with Crippen LogP contribution >= 0.6 is 15.9 Å². The van der Waals surface area contributed by atoms with Gasteiger partial charge in [-0.3, -0.25) is 10.1 Å². The molecule has 9 heteroatoms. The third kappa shape index (κ3) is 2.98. The summed E-state index contributed by atoms with van der Waals surface area (Å²) in [7, 11) is 0. The summed E-state index contributed by atoms with van der Waals surface area (Å²) in [5, 5.41) is 23.3. The van der Waals surface area contributed by atoms with E-state index in [1.807, 2.05) is 0 Å². The normalized spacial score (nSPS) is 17.2. The van der Waals surface area contributed by atoms with Crippen molar-refractivity contribution in [2.75, 3.05) is 18.5 Å². The molecule has 0 aliphatic carbocycles. The molecule has 0 radical (unpaired) electrons. The smallest absolute Gasteiger partial charge is 0.329 e. The van der Waals surface area contributed by atoms with Gasteiger partial charge >= 0.3 is 5.97 Å². The number of nitrogens with one attached hydrogen (secondary N) is 1. The van der Waals surface area contributed by atoms with Gasteiger partial charge in [0, 0.05) is 31.6 Å². The lowest BCUT2D eigenvalue weighted by Gasteiger charge is -2.34. The number of aromatic nitrogens is 1. The summed E-state index contributed by atoms with van der Waals surface area (Å²) in [5.74, 6) is -0.710. The predicted octanol–water partition coefficient (Wildman–Crippen LogP) is 2.11. The van der Waals surface area contributed by atoms with Gasteiger partial charge in [0.05, 0.1) is 9.40 Å². The number of hydrogen-bond donors (Lipinski definition) is 2. The van der Waals surface area contributed by atoms with Crippen LogP contribution in [0.4, 0.5) is 11.5 Å². The standard InChI is InChI=1S/C12H14BrN3O5/c1-7-8(16(19)20)6-14-10(9(7)13)15-12(11(17)18)2-4-21-5-3-12/h6H,2-5H2,1H3,(H,14,15)(H,17,18). The average Bonchev–Trinajstić information content (AvgIpc) is 2.44. The van der Waals surface area contributed by atoms with Crippen molar-refractivity contribution < 1.29 is 19.6 Å². The number of nitrogens with zero attached hydrogens (tertiary/aromatic N) is 2. The molecule has 0 spiro atoms. The first-order chi connectivity index (χ1) is 9.87. The summed E-state index contributed by atoms with van der Waals surface area (Å²) in [6, 6.07) is 0. The van der Waals surface area contributed by atoms with E-state index in [9.17, 15) is 20.0 Å². The lowest BCUT2D eigenvalue weighted by Crippen LogP contribution is -2.50. The van der Waals surface area contributed by atoms with Crippen LogP contribution < -0.4 is 5.32 Å². The van der Waals surface area contributed by atoms with E-state index in [0.717, 1.165) is 6.20 Å². The molecule has 1 aromatic heterocycles. The van der Waals surface area contributed by atoms with Crippen molar-refractivity contribution >= 4 is 33.4 Å². The van der Waals surface area contributed by atoms with Gasteiger partial charge in [0.2, 0.25) is 0 Å². The Morgan fingerprint density at radius 1 is 1.57 bits per heavy atom. The molecule has 1 saturated heterocycles. The molecule has 2 heterocycles. The SMILES string of the molecule is Cc1c([N+](=O)[O-])cnc(NC2(C(=O)O)CCOCC2)c1Br. The van der Waals surface area contributed by atoms with Crippen LogP contribution in [-0.2, 0) is 9.53 Å². The zero-order chi connectivity index (χ0) is 15.6. The molecule has 1 aromatic rings. The molecule has 0 saturated carbocycles. The van der Waals surface area contributed by atoms with Gasteiger partial charge in [0.1, 0.15) is 17.6 Å². The van der Waals surface area contributed by atoms with Crippen LogP contribution in [0.25, 0.3) is 0 Å². The summed E-state index contributed by atoms with van der Waals surface area (Å²) in [6.45, 7) is 2.25. The molecule has 21 heavy (non-hydrogen) atoms. The molecule has 1 fully saturated rings. The van der Waals surface area contributed by atoms with Crippen molar-refractivity contribution in [3.8, 4) is 0 Å². The van der Waals surface area contributed by atoms with Crippen LogP contribution in [-0.4, -0.2) is 39.7 Å². The van der Waals surface area contributed by atoms with Crippen molar-refractivity contribution in [3.63, 3.8) is 0 Å². The van der Waals surface area contributed by atoms with E-state index in [1.165, 1.54) is 0 Å². The first kappa shape index (κ1) is 15.6. The number of carbonyl (C=O) groups is 1. The number of rotatable bonds is 4. The molecule has 0 aromatic carbocycles. The van der Waals surface area contributed by atoms with Crippen LogP contribution in [0.15, 0.2) is 10.7 Å². The highest BCUT2D eigenvalue weighted by Gasteiger charge is 2.41. The Kier molecular flexibility index (Phi) is 4.43. The van der Waals surface area contributed by atoms with Crippen molar-refractivity contribution in [2.45, 2.75) is 25.3 Å². The van der Waals surface area contributed by atoms with Crippen molar-refractivity contribution in [2.24, 2.45) is 0 Å². The number of hydrogen-bond acceptors (Lipinski definition) is 6. The fourth-order valence-electron chi connectivity index (χ4n) is 2.18. The molecule has 0 bridgehead atoms. The van der Waals surface area contributed by atoms with Crippen LogP contribution in [0.2, 0.25) is 0 Å². The quantitative estimate of drug-likeness (QED) is 0.624. The summed E-state index contributed by atoms with van der Waals surface area (Å²) in [4.78, 5) is 25.9. The lowest BCUT2D eigenvalue weighted by atomic mass is 9.90. The maximum Gasteiger partial charge on any atom is 0.329 e.